The van der Waals surface area contributed by atoms with Crippen molar-refractivity contribution in [3.63, 3.8) is 0 Å². The second kappa shape index (κ2) is 3.63. The fourth-order valence-electron chi connectivity index (χ4n) is 1.29. The quantitative estimate of drug-likeness (QED) is 0.398. The minimum absolute atomic E-state index is 0.382. The number of nitrogen functional groups attached to an aromatic ring is 1. The van der Waals surface area contributed by atoms with Crippen LogP contribution in [-0.2, 0) is 6.54 Å². The van der Waals surface area contributed by atoms with Crippen LogP contribution in [0.2, 0.25) is 5.02 Å². The fourth-order valence-corrected chi connectivity index (χ4v) is 3.29. The number of halogens is 2. The van der Waals surface area contributed by atoms with Crippen LogP contribution in [0.25, 0.3) is 0 Å². The molecule has 2 nitrogen and oxygen atoms in total. The second-order valence-corrected chi connectivity index (χ2v) is 6.67. The Bertz CT molecular complexity index is 337. The van der Waals surface area contributed by atoms with Crippen molar-refractivity contribution >= 4 is 17.3 Å². The Labute approximate surface area is 92.9 Å². The molecule has 4 N–H and O–H groups in total. The molecule has 72 valence electrons. The first-order valence-electron chi connectivity index (χ1n) is 4.08. The number of alkyl halides is 2. The predicted octanol–water partition coefficient (Wildman–Crippen LogP) is -1.48. The molecule has 1 aromatic carbocycles. The Morgan fingerprint density at radius 2 is 2.23 bits per heavy atom. The van der Waals surface area contributed by atoms with Gasteiger partial charge in [0.2, 0.25) is 0 Å². The van der Waals surface area contributed by atoms with Crippen LogP contribution in [0.3, 0.4) is 0 Å². The first-order chi connectivity index (χ1) is 6.24. The first-order valence-corrected chi connectivity index (χ1v) is 7.23. The van der Waals surface area contributed by atoms with Gasteiger partial charge in [-0.1, -0.05) is 0 Å². The third kappa shape index (κ3) is 1.78. The van der Waals surface area contributed by atoms with Crippen LogP contribution in [0.5, 0.6) is 0 Å². The molecule has 1 unspecified atom stereocenters. The molecule has 1 aromatic rings. The van der Waals surface area contributed by atoms with Crippen LogP contribution in [0.1, 0.15) is 15.1 Å². The molecule has 0 aliphatic carbocycles. The van der Waals surface area contributed by atoms with Crippen LogP contribution in [0, 0.1) is 0 Å². The molecule has 13 heavy (non-hydrogen) atoms. The van der Waals surface area contributed by atoms with E-state index in [1.165, 1.54) is 9.99 Å². The molecule has 0 saturated carbocycles. The summed E-state index contributed by atoms with van der Waals surface area (Å²) < 4.78 is 2.10. The van der Waals surface area contributed by atoms with Gasteiger partial charge in [0.05, 0.1) is 0 Å². The average Bonchev–Trinajstić information content (AvgIpc) is 2.93. The summed E-state index contributed by atoms with van der Waals surface area (Å²) in [5.74, 6) is 0. The SMILES string of the molecule is NCc1ccc(C2C[I-]2)c(N)c1Cl. The number of rotatable bonds is 2. The van der Waals surface area contributed by atoms with E-state index in [1.54, 1.807) is 0 Å². The van der Waals surface area contributed by atoms with Crippen LogP contribution in [0.15, 0.2) is 12.1 Å². The van der Waals surface area contributed by atoms with Crippen molar-refractivity contribution in [2.75, 3.05) is 10.2 Å². The van der Waals surface area contributed by atoms with Gasteiger partial charge in [-0.3, -0.25) is 0 Å². The van der Waals surface area contributed by atoms with Gasteiger partial charge in [0.1, 0.15) is 0 Å². The zero-order valence-electron chi connectivity index (χ0n) is 7.06. The standard InChI is InChI=1S/C9H11ClIN2/c10-8-5(4-12)1-2-6(9(8)13)7-3-11-7/h1-2,7H,3-4,12-13H2/q-1. The van der Waals surface area contributed by atoms with Gasteiger partial charge in [-0.2, -0.15) is 0 Å². The van der Waals surface area contributed by atoms with Crippen LogP contribution < -0.4 is 32.7 Å². The summed E-state index contributed by atoms with van der Waals surface area (Å²) in [6.07, 6.45) is 0. The minimum atomic E-state index is 0.382. The Morgan fingerprint density at radius 3 is 2.77 bits per heavy atom. The van der Waals surface area contributed by atoms with Gasteiger partial charge in [0.25, 0.3) is 0 Å². The Kier molecular flexibility index (Phi) is 2.67. The van der Waals surface area contributed by atoms with E-state index >= 15 is 0 Å². The molecule has 0 radical (unpaired) electrons. The van der Waals surface area contributed by atoms with Gasteiger partial charge in [0.15, 0.2) is 0 Å². The molecule has 2 rings (SSSR count). The van der Waals surface area contributed by atoms with Crippen molar-refractivity contribution in [3.05, 3.63) is 28.3 Å². The molecule has 0 amide bonds. The number of anilines is 1. The topological polar surface area (TPSA) is 52.0 Å². The molecule has 1 saturated heterocycles. The summed E-state index contributed by atoms with van der Waals surface area (Å²) in [5.41, 5.74) is 14.4. The summed E-state index contributed by atoms with van der Waals surface area (Å²) in [5, 5.41) is 0.663. The molecule has 0 bridgehead atoms. The molecule has 1 atom stereocenters. The zero-order chi connectivity index (χ0) is 9.42. The van der Waals surface area contributed by atoms with Gasteiger partial charge in [-0.25, -0.2) is 0 Å². The van der Waals surface area contributed by atoms with Gasteiger partial charge < -0.3 is 0 Å². The monoisotopic (exact) mass is 309 g/mol. The van der Waals surface area contributed by atoms with Gasteiger partial charge in [-0.05, 0) is 0 Å². The Morgan fingerprint density at radius 1 is 1.54 bits per heavy atom. The molecular formula is C9H11ClIN2-. The van der Waals surface area contributed by atoms with Gasteiger partial charge in [-0.15, -0.1) is 0 Å². The third-order valence-corrected chi connectivity index (χ3v) is 5.04. The molecule has 1 fully saturated rings. The molecule has 0 aromatic heterocycles. The van der Waals surface area contributed by atoms with E-state index in [0.29, 0.717) is 32.8 Å². The van der Waals surface area contributed by atoms with Gasteiger partial charge in [0, 0.05) is 0 Å². The van der Waals surface area contributed by atoms with Crippen LogP contribution in [-0.4, -0.2) is 4.43 Å². The molecular weight excluding hydrogens is 298 g/mol. The van der Waals surface area contributed by atoms with Crippen molar-refractivity contribution < 1.29 is 21.2 Å². The van der Waals surface area contributed by atoms with Gasteiger partial charge >= 0.3 is 93.1 Å². The van der Waals surface area contributed by atoms with Crippen molar-refractivity contribution in [3.8, 4) is 0 Å². The summed E-state index contributed by atoms with van der Waals surface area (Å²) in [4.78, 5) is 0. The normalized spacial score (nSPS) is 20.9. The maximum atomic E-state index is 6.08. The summed E-state index contributed by atoms with van der Waals surface area (Å²) in [6.45, 7) is 0.461. The summed E-state index contributed by atoms with van der Waals surface area (Å²) in [7, 11) is 0. The number of hydrogen-bond acceptors (Lipinski definition) is 2. The summed E-state index contributed by atoms with van der Waals surface area (Å²) >= 11 is 6.46. The second-order valence-electron chi connectivity index (χ2n) is 3.02. The van der Waals surface area contributed by atoms with Crippen molar-refractivity contribution in [1.82, 2.24) is 0 Å². The molecule has 0 spiro atoms. The third-order valence-electron chi connectivity index (χ3n) is 2.16. The van der Waals surface area contributed by atoms with E-state index < -0.39 is 0 Å². The van der Waals surface area contributed by atoms with E-state index in [2.05, 4.69) is 6.07 Å². The van der Waals surface area contributed by atoms with Crippen LogP contribution in [0.4, 0.5) is 5.69 Å². The molecule has 1 aliphatic rings. The predicted molar refractivity (Wildman–Crippen MR) is 51.4 cm³/mol. The van der Waals surface area contributed by atoms with Crippen LogP contribution >= 0.6 is 11.6 Å². The zero-order valence-corrected chi connectivity index (χ0v) is 9.97. The van der Waals surface area contributed by atoms with E-state index in [1.807, 2.05) is 6.07 Å². The molecule has 1 heterocycles. The van der Waals surface area contributed by atoms with E-state index in [-0.39, 0.29) is 0 Å². The van der Waals surface area contributed by atoms with E-state index in [4.69, 9.17) is 23.1 Å². The molecule has 4 heteroatoms. The average molecular weight is 310 g/mol. The summed E-state index contributed by atoms with van der Waals surface area (Å²) in [6, 6.07) is 4.08. The number of benzene rings is 1. The van der Waals surface area contributed by atoms with Crippen molar-refractivity contribution in [2.45, 2.75) is 10.5 Å². The molecule has 1 aliphatic heterocycles. The number of hydrogen-bond donors (Lipinski definition) is 2. The first kappa shape index (κ1) is 9.55. The van der Waals surface area contributed by atoms with E-state index in [0.717, 1.165) is 15.2 Å². The Hall–Kier alpha value is -0.000000000000000111. The van der Waals surface area contributed by atoms with Crippen molar-refractivity contribution in [1.29, 1.82) is 0 Å². The fraction of sp³-hybridized carbons (Fsp3) is 0.333. The maximum absolute atomic E-state index is 6.08. The Balaban J connectivity index is 2.44. The number of nitrogens with two attached hydrogens (primary N) is 2. The van der Waals surface area contributed by atoms with Crippen molar-refractivity contribution in [2.24, 2.45) is 5.73 Å². The van der Waals surface area contributed by atoms with E-state index in [9.17, 15) is 0 Å².